The van der Waals surface area contributed by atoms with Crippen molar-refractivity contribution in [3.8, 4) is 11.8 Å². The molecule has 1 aromatic carbocycles. The number of rotatable bonds is 6. The minimum atomic E-state index is 0.280. The van der Waals surface area contributed by atoms with Crippen LogP contribution in [0.1, 0.15) is 62.6 Å². The number of hydrogen-bond acceptors (Lipinski definition) is 1. The molecule has 0 spiro atoms. The lowest BCUT2D eigenvalue weighted by atomic mass is 9.85. The Morgan fingerprint density at radius 2 is 2.00 bits per heavy atom. The van der Waals surface area contributed by atoms with Gasteiger partial charge in [0.25, 0.3) is 0 Å². The van der Waals surface area contributed by atoms with Gasteiger partial charge in [-0.3, -0.25) is 0 Å². The van der Waals surface area contributed by atoms with Crippen molar-refractivity contribution in [1.29, 1.82) is 5.26 Å². The maximum Gasteiger partial charge on any atom is 0.101 e. The monoisotopic (exact) mass is 356 g/mol. The van der Waals surface area contributed by atoms with Gasteiger partial charge < -0.3 is 4.57 Å². The molecule has 0 saturated carbocycles. The van der Waals surface area contributed by atoms with Crippen molar-refractivity contribution in [3.05, 3.63) is 83.7 Å². The highest BCUT2D eigenvalue weighted by Crippen LogP contribution is 2.34. The molecule has 2 heteroatoms. The van der Waals surface area contributed by atoms with E-state index in [0.717, 1.165) is 40.8 Å². The predicted molar refractivity (Wildman–Crippen MR) is 114 cm³/mol. The number of allylic oxidation sites excluding steroid dienone is 5. The number of hydrogen-bond donors (Lipinski definition) is 0. The van der Waals surface area contributed by atoms with Gasteiger partial charge in [-0.2, -0.15) is 5.26 Å². The molecule has 1 atom stereocenters. The third-order valence-electron chi connectivity index (χ3n) is 5.24. The quantitative estimate of drug-likeness (QED) is 0.560. The van der Waals surface area contributed by atoms with Crippen LogP contribution in [0.3, 0.4) is 0 Å². The molecule has 138 valence electrons. The van der Waals surface area contributed by atoms with Gasteiger partial charge in [-0.25, -0.2) is 0 Å². The summed E-state index contributed by atoms with van der Waals surface area (Å²) in [4.78, 5) is 0. The number of aromatic nitrogens is 1. The zero-order valence-electron chi connectivity index (χ0n) is 16.6. The molecule has 0 saturated heterocycles. The highest BCUT2D eigenvalue weighted by molar-refractivity contribution is 5.62. The second-order valence-corrected chi connectivity index (χ2v) is 7.93. The fourth-order valence-corrected chi connectivity index (χ4v) is 3.54. The van der Waals surface area contributed by atoms with E-state index in [9.17, 15) is 5.26 Å². The van der Waals surface area contributed by atoms with E-state index in [2.05, 4.69) is 79.8 Å². The van der Waals surface area contributed by atoms with E-state index in [1.54, 1.807) is 0 Å². The van der Waals surface area contributed by atoms with E-state index in [1.165, 1.54) is 12.0 Å². The molecule has 0 bridgehead atoms. The highest BCUT2D eigenvalue weighted by Gasteiger charge is 2.19. The van der Waals surface area contributed by atoms with Crippen LogP contribution in [0.25, 0.3) is 11.3 Å². The minimum Gasteiger partial charge on any atom is -0.322 e. The molecule has 0 N–H and O–H groups in total. The van der Waals surface area contributed by atoms with Gasteiger partial charge in [-0.05, 0) is 55.4 Å². The summed E-state index contributed by atoms with van der Waals surface area (Å²) in [5.74, 6) is 0.996. The normalized spacial score (nSPS) is 16.3. The maximum absolute atomic E-state index is 9.65. The summed E-state index contributed by atoms with van der Waals surface area (Å²) in [5, 5.41) is 9.65. The van der Waals surface area contributed by atoms with Gasteiger partial charge in [0.15, 0.2) is 0 Å². The summed E-state index contributed by atoms with van der Waals surface area (Å²) in [6.45, 7) is 10.5. The molecule has 3 rings (SSSR count). The molecule has 2 nitrogen and oxygen atoms in total. The predicted octanol–water partition coefficient (Wildman–Crippen LogP) is 6.79. The summed E-state index contributed by atoms with van der Waals surface area (Å²) in [5.41, 5.74) is 6.63. The van der Waals surface area contributed by atoms with Gasteiger partial charge >= 0.3 is 0 Å². The fraction of sp³-hybridized carbons (Fsp3) is 0.320. The standard InChI is InChI=1S/C25H28N2/c1-18(2)8-9-20-6-5-7-22(14-20)25-17-27(16-23(25)15-26)24-12-10-21(11-13-24)19(3)4/h5-7,10-13,16-18,22H,3,8-9,14H2,1-2,4H3. The van der Waals surface area contributed by atoms with Crippen LogP contribution in [0, 0.1) is 17.2 Å². The Bertz CT molecular complexity index is 914. The van der Waals surface area contributed by atoms with Crippen LogP contribution in [0.15, 0.2) is 67.0 Å². The van der Waals surface area contributed by atoms with E-state index >= 15 is 0 Å². The van der Waals surface area contributed by atoms with Gasteiger partial charge in [0, 0.05) is 24.0 Å². The van der Waals surface area contributed by atoms with Crippen LogP contribution >= 0.6 is 0 Å². The molecular weight excluding hydrogens is 328 g/mol. The van der Waals surface area contributed by atoms with Gasteiger partial charge in [0.2, 0.25) is 0 Å². The molecule has 2 aromatic rings. The first-order valence-electron chi connectivity index (χ1n) is 9.72. The summed E-state index contributed by atoms with van der Waals surface area (Å²) in [7, 11) is 0. The van der Waals surface area contributed by atoms with Gasteiger partial charge in [-0.1, -0.05) is 61.9 Å². The highest BCUT2D eigenvalue weighted by atomic mass is 14.9. The molecule has 1 aromatic heterocycles. The molecule has 1 aliphatic carbocycles. The second-order valence-electron chi connectivity index (χ2n) is 7.93. The maximum atomic E-state index is 9.65. The lowest BCUT2D eigenvalue weighted by Gasteiger charge is -2.19. The SMILES string of the molecule is C=C(C)c1ccc(-n2cc(C#N)c(C3C=CC=C(CCC(C)C)C3)c2)cc1. The lowest BCUT2D eigenvalue weighted by Crippen LogP contribution is -2.03. The van der Waals surface area contributed by atoms with E-state index in [0.29, 0.717) is 5.92 Å². The van der Waals surface area contributed by atoms with Crippen molar-refractivity contribution in [2.24, 2.45) is 5.92 Å². The number of nitrogens with zero attached hydrogens (tertiary/aromatic N) is 2. The fourth-order valence-electron chi connectivity index (χ4n) is 3.54. The second kappa shape index (κ2) is 8.27. The smallest absolute Gasteiger partial charge is 0.101 e. The van der Waals surface area contributed by atoms with Crippen molar-refractivity contribution in [2.45, 2.75) is 46.0 Å². The van der Waals surface area contributed by atoms with Gasteiger partial charge in [0.05, 0.1) is 5.56 Å². The average molecular weight is 357 g/mol. The van der Waals surface area contributed by atoms with Crippen LogP contribution in [0.4, 0.5) is 0 Å². The third kappa shape index (κ3) is 4.49. The zero-order valence-corrected chi connectivity index (χ0v) is 16.6. The van der Waals surface area contributed by atoms with Crippen molar-refractivity contribution < 1.29 is 0 Å². The first-order valence-corrected chi connectivity index (χ1v) is 9.72. The van der Waals surface area contributed by atoms with E-state index < -0.39 is 0 Å². The Morgan fingerprint density at radius 1 is 1.26 bits per heavy atom. The molecular formula is C25H28N2. The van der Waals surface area contributed by atoms with Crippen molar-refractivity contribution in [3.63, 3.8) is 0 Å². The lowest BCUT2D eigenvalue weighted by molar-refractivity contribution is 0.572. The average Bonchev–Trinajstić information content (AvgIpc) is 3.11. The molecule has 1 unspecified atom stereocenters. The zero-order chi connectivity index (χ0) is 19.4. The Balaban J connectivity index is 1.83. The van der Waals surface area contributed by atoms with Crippen LogP contribution in [0.5, 0.6) is 0 Å². The molecule has 0 aliphatic heterocycles. The molecule has 0 amide bonds. The molecule has 0 fully saturated rings. The van der Waals surface area contributed by atoms with E-state index in [4.69, 9.17) is 0 Å². The minimum absolute atomic E-state index is 0.280. The Labute approximate surface area is 163 Å². The van der Waals surface area contributed by atoms with Crippen molar-refractivity contribution in [1.82, 2.24) is 4.57 Å². The number of nitriles is 1. The first-order chi connectivity index (χ1) is 13.0. The molecule has 27 heavy (non-hydrogen) atoms. The molecule has 1 heterocycles. The van der Waals surface area contributed by atoms with E-state index in [1.807, 2.05) is 13.1 Å². The Hall–Kier alpha value is -2.79. The Morgan fingerprint density at radius 3 is 2.63 bits per heavy atom. The van der Waals surface area contributed by atoms with Crippen LogP contribution in [-0.4, -0.2) is 4.57 Å². The third-order valence-corrected chi connectivity index (χ3v) is 5.24. The largest absolute Gasteiger partial charge is 0.322 e. The van der Waals surface area contributed by atoms with E-state index in [-0.39, 0.29) is 5.92 Å². The summed E-state index contributed by atoms with van der Waals surface area (Å²) >= 11 is 0. The van der Waals surface area contributed by atoms with Crippen LogP contribution in [0.2, 0.25) is 0 Å². The van der Waals surface area contributed by atoms with Crippen LogP contribution in [-0.2, 0) is 0 Å². The van der Waals surface area contributed by atoms with Gasteiger partial charge in [-0.15, -0.1) is 0 Å². The molecule has 0 radical (unpaired) electrons. The summed E-state index contributed by atoms with van der Waals surface area (Å²) < 4.78 is 2.07. The first kappa shape index (κ1) is 19.0. The van der Waals surface area contributed by atoms with Gasteiger partial charge in [0.1, 0.15) is 6.07 Å². The summed E-state index contributed by atoms with van der Waals surface area (Å²) in [6, 6.07) is 10.7. The van der Waals surface area contributed by atoms with Crippen molar-refractivity contribution >= 4 is 5.57 Å². The topological polar surface area (TPSA) is 28.7 Å². The summed E-state index contributed by atoms with van der Waals surface area (Å²) in [6.07, 6.45) is 14.1. The van der Waals surface area contributed by atoms with Crippen molar-refractivity contribution in [2.75, 3.05) is 0 Å². The Kier molecular flexibility index (Phi) is 5.81. The molecule has 1 aliphatic rings. The van der Waals surface area contributed by atoms with Crippen LogP contribution < -0.4 is 0 Å². The number of benzene rings is 1.